The van der Waals surface area contributed by atoms with Crippen molar-refractivity contribution < 1.29 is 14.9 Å². The van der Waals surface area contributed by atoms with E-state index in [1.165, 1.54) is 0 Å². The van der Waals surface area contributed by atoms with Crippen molar-refractivity contribution in [2.24, 2.45) is 4.99 Å². The van der Waals surface area contributed by atoms with Gasteiger partial charge in [-0.25, -0.2) is 15.0 Å². The normalized spacial score (nSPS) is 13.4. The minimum Gasteiger partial charge on any atom is -0.858 e. The van der Waals surface area contributed by atoms with Crippen LogP contribution in [-0.4, -0.2) is 44.2 Å². The topological polar surface area (TPSA) is 95.6 Å². The Morgan fingerprint density at radius 2 is 2.07 bits per heavy atom. The average Bonchev–Trinajstić information content (AvgIpc) is 2.97. The average molecular weight is 387 g/mol. The molecule has 1 atom stereocenters. The highest BCUT2D eigenvalue weighted by atomic mass is 31.1. The number of nitrogens with zero attached hydrogens (tertiary/aromatic N) is 4. The van der Waals surface area contributed by atoms with Crippen molar-refractivity contribution in [1.82, 2.24) is 14.5 Å². The van der Waals surface area contributed by atoms with Crippen molar-refractivity contribution in [1.29, 1.82) is 0 Å². The van der Waals surface area contributed by atoms with Gasteiger partial charge in [0.15, 0.2) is 5.82 Å². The van der Waals surface area contributed by atoms with Crippen molar-refractivity contribution in [3.63, 3.8) is 0 Å². The molecule has 0 aliphatic heterocycles. The molecule has 0 spiro atoms. The van der Waals surface area contributed by atoms with Crippen molar-refractivity contribution in [2.45, 2.75) is 39.5 Å². The number of para-hydroxylation sites is 1. The van der Waals surface area contributed by atoms with E-state index in [0.717, 1.165) is 16.4 Å². The van der Waals surface area contributed by atoms with Crippen LogP contribution in [0, 0.1) is 0 Å². The minimum absolute atomic E-state index is 0.0559. The summed E-state index contributed by atoms with van der Waals surface area (Å²) in [5.74, 6) is 0.991. The molecule has 0 aliphatic rings. The molecule has 1 aromatic carbocycles. The lowest BCUT2D eigenvalue weighted by Gasteiger charge is -2.20. The quantitative estimate of drug-likeness (QED) is 0.382. The maximum absolute atomic E-state index is 12.0. The molecular weight excluding hydrogens is 363 g/mol. The molecule has 7 nitrogen and oxygen atoms in total. The molecule has 1 N–H and O–H groups in total. The fraction of sp³-hybridized carbons (Fsp3) is 0.421. The zero-order chi connectivity index (χ0) is 19.6. The SMILES string of the molecule is CCOCc1nc2c(N=C([O-])PC)nc3ccccc3c2n1CC(C)(C)O. The second-order valence-electron chi connectivity index (χ2n) is 6.88. The fourth-order valence-electron chi connectivity index (χ4n) is 2.96. The van der Waals surface area contributed by atoms with Gasteiger partial charge in [0.2, 0.25) is 0 Å². The first-order chi connectivity index (χ1) is 12.8. The molecule has 27 heavy (non-hydrogen) atoms. The summed E-state index contributed by atoms with van der Waals surface area (Å²) < 4.78 is 7.53. The first-order valence-electron chi connectivity index (χ1n) is 8.85. The molecule has 2 heterocycles. The van der Waals surface area contributed by atoms with Crippen LogP contribution in [0.15, 0.2) is 29.3 Å². The number of ether oxygens (including phenoxy) is 1. The predicted molar refractivity (Wildman–Crippen MR) is 108 cm³/mol. The third kappa shape index (κ3) is 4.26. The van der Waals surface area contributed by atoms with Crippen LogP contribution in [0.1, 0.15) is 26.6 Å². The summed E-state index contributed by atoms with van der Waals surface area (Å²) in [6.07, 6.45) is 0. The van der Waals surface area contributed by atoms with Gasteiger partial charge in [0.25, 0.3) is 0 Å². The van der Waals surface area contributed by atoms with Crippen LogP contribution >= 0.6 is 8.58 Å². The van der Waals surface area contributed by atoms with E-state index in [0.29, 0.717) is 36.9 Å². The van der Waals surface area contributed by atoms with E-state index >= 15 is 0 Å². The van der Waals surface area contributed by atoms with Gasteiger partial charge in [-0.2, -0.15) is 0 Å². The van der Waals surface area contributed by atoms with E-state index in [1.54, 1.807) is 20.5 Å². The number of aliphatic imine (C=N–C) groups is 1. The van der Waals surface area contributed by atoms with Crippen LogP contribution in [0.2, 0.25) is 0 Å². The van der Waals surface area contributed by atoms with E-state index in [-0.39, 0.29) is 14.2 Å². The van der Waals surface area contributed by atoms with Gasteiger partial charge in [0.1, 0.15) is 17.9 Å². The van der Waals surface area contributed by atoms with Gasteiger partial charge in [-0.05, 0) is 39.1 Å². The molecule has 0 radical (unpaired) electrons. The molecule has 3 rings (SSSR count). The zero-order valence-electron chi connectivity index (χ0n) is 16.0. The summed E-state index contributed by atoms with van der Waals surface area (Å²) in [5, 5.41) is 23.3. The van der Waals surface area contributed by atoms with Crippen LogP contribution in [0.3, 0.4) is 0 Å². The van der Waals surface area contributed by atoms with Gasteiger partial charge >= 0.3 is 0 Å². The fourth-order valence-corrected chi connectivity index (χ4v) is 3.18. The summed E-state index contributed by atoms with van der Waals surface area (Å²) in [6.45, 7) is 8.40. The Kier molecular flexibility index (Phi) is 5.75. The number of imidazole rings is 1. The van der Waals surface area contributed by atoms with Gasteiger partial charge < -0.3 is 19.5 Å². The molecule has 0 aliphatic carbocycles. The molecule has 8 heteroatoms. The number of aromatic nitrogens is 3. The smallest absolute Gasteiger partial charge is 0.180 e. The monoisotopic (exact) mass is 387 g/mol. The van der Waals surface area contributed by atoms with E-state index in [2.05, 4.69) is 9.98 Å². The summed E-state index contributed by atoms with van der Waals surface area (Å²) in [5.41, 5.74) is 0.928. The first-order valence-corrected chi connectivity index (χ1v) is 10.4. The maximum atomic E-state index is 12.0. The van der Waals surface area contributed by atoms with Crippen molar-refractivity contribution >= 4 is 42.0 Å². The van der Waals surface area contributed by atoms with Gasteiger partial charge in [0, 0.05) is 12.0 Å². The second kappa shape index (κ2) is 7.89. The van der Waals surface area contributed by atoms with E-state index in [9.17, 15) is 10.2 Å². The second-order valence-corrected chi connectivity index (χ2v) is 7.81. The summed E-state index contributed by atoms with van der Waals surface area (Å²) in [6, 6.07) is 7.68. The van der Waals surface area contributed by atoms with Crippen molar-refractivity contribution in [2.75, 3.05) is 13.3 Å². The number of hydrogen-bond donors (Lipinski definition) is 1. The molecule has 0 bridgehead atoms. The van der Waals surface area contributed by atoms with Crippen LogP contribution in [0.25, 0.3) is 21.9 Å². The Labute approximate surface area is 159 Å². The summed E-state index contributed by atoms with van der Waals surface area (Å²) >= 11 is 0. The van der Waals surface area contributed by atoms with Gasteiger partial charge in [-0.3, -0.25) is 0 Å². The Morgan fingerprint density at radius 1 is 1.33 bits per heavy atom. The lowest BCUT2D eigenvalue weighted by molar-refractivity contribution is -0.206. The van der Waals surface area contributed by atoms with Crippen LogP contribution in [-0.2, 0) is 17.9 Å². The number of hydrogen-bond acceptors (Lipinski definition) is 6. The molecule has 0 fully saturated rings. The molecule has 3 aromatic rings. The Bertz CT molecular complexity index is 992. The Balaban J connectivity index is 2.37. The van der Waals surface area contributed by atoms with Crippen LogP contribution < -0.4 is 5.11 Å². The highest BCUT2D eigenvalue weighted by Crippen LogP contribution is 2.33. The van der Waals surface area contributed by atoms with Gasteiger partial charge in [0.05, 0.1) is 23.2 Å². The summed E-state index contributed by atoms with van der Waals surface area (Å²) in [4.78, 5) is 13.4. The molecule has 144 valence electrons. The number of pyridine rings is 1. The number of aliphatic hydroxyl groups is 1. The largest absolute Gasteiger partial charge is 0.858 e. The molecular formula is C19H24N4O3P-. The third-order valence-corrected chi connectivity index (χ3v) is 4.59. The van der Waals surface area contributed by atoms with Crippen molar-refractivity contribution in [3.8, 4) is 0 Å². The van der Waals surface area contributed by atoms with Gasteiger partial charge in [-0.15, -0.1) is 0 Å². The molecule has 0 amide bonds. The lowest BCUT2D eigenvalue weighted by Crippen LogP contribution is -2.27. The Hall–Kier alpha value is -2.08. The highest BCUT2D eigenvalue weighted by Gasteiger charge is 2.22. The standard InChI is InChI=1S/C19H25N4O3P/c1-5-26-10-14-21-15-16(23(14)11-19(2,3)25)12-8-6-7-9-13(12)20-17(15)22-18(24)27-4/h6-9,25,27H,5,10-11H2,1-4H3,(H,20,22,24)/p-1. The highest BCUT2D eigenvalue weighted by molar-refractivity contribution is 7.56. The zero-order valence-corrected chi connectivity index (χ0v) is 17.0. The predicted octanol–water partition coefficient (Wildman–Crippen LogP) is 2.55. The molecule has 1 unspecified atom stereocenters. The van der Waals surface area contributed by atoms with Crippen LogP contribution in [0.4, 0.5) is 5.82 Å². The van der Waals surface area contributed by atoms with E-state index in [1.807, 2.05) is 35.8 Å². The molecule has 2 aromatic heterocycles. The van der Waals surface area contributed by atoms with E-state index in [4.69, 9.17) is 9.72 Å². The van der Waals surface area contributed by atoms with Gasteiger partial charge in [-0.1, -0.05) is 26.8 Å². The maximum Gasteiger partial charge on any atom is 0.180 e. The summed E-state index contributed by atoms with van der Waals surface area (Å²) in [7, 11) is 0.0559. The first kappa shape index (κ1) is 19.7. The van der Waals surface area contributed by atoms with Crippen molar-refractivity contribution in [3.05, 3.63) is 30.1 Å². The minimum atomic E-state index is -0.948. The number of benzene rings is 1. The molecule has 0 saturated carbocycles. The van der Waals surface area contributed by atoms with Crippen LogP contribution in [0.5, 0.6) is 0 Å². The third-order valence-electron chi connectivity index (χ3n) is 4.05. The lowest BCUT2D eigenvalue weighted by atomic mass is 10.1. The number of fused-ring (bicyclic) bond motifs is 3. The Morgan fingerprint density at radius 3 is 2.74 bits per heavy atom. The van der Waals surface area contributed by atoms with E-state index < -0.39 is 5.60 Å². The number of rotatable bonds is 7. The molecule has 0 saturated heterocycles.